The molecule has 0 aliphatic carbocycles. The molecule has 0 unspecified atom stereocenters. The van der Waals surface area contributed by atoms with E-state index in [0.29, 0.717) is 36.8 Å². The van der Waals surface area contributed by atoms with Crippen LogP contribution in [-0.4, -0.2) is 0 Å². The fourth-order valence-corrected chi connectivity index (χ4v) is 5.75. The maximum absolute atomic E-state index is 14.6. The van der Waals surface area contributed by atoms with Crippen LogP contribution in [0.15, 0.2) is 158 Å². The van der Waals surface area contributed by atoms with Gasteiger partial charge in [0, 0.05) is 11.1 Å². The molecule has 0 heterocycles. The highest BCUT2D eigenvalue weighted by molar-refractivity contribution is 5.72. The molecule has 0 spiro atoms. The molecule has 52 heavy (non-hydrogen) atoms. The van der Waals surface area contributed by atoms with Crippen LogP contribution in [0.3, 0.4) is 0 Å². The standard InChI is InChI=1S/2C23H19F3/c2*1-16-5-9-18(10-6-16)20-13-14-21(22(24)15-20)19-11-7-17(8-12-19)3-2-4-23(25)26/h2*4-15H,2-3H2,1H3. The second-order valence-corrected chi connectivity index (χ2v) is 12.6. The molecule has 6 aromatic rings. The fraction of sp³-hybridized carbons (Fsp3) is 0.130. The van der Waals surface area contributed by atoms with Crippen molar-refractivity contribution in [2.75, 3.05) is 0 Å². The Morgan fingerprint density at radius 3 is 1.02 bits per heavy atom. The summed E-state index contributed by atoms with van der Waals surface area (Å²) in [5.41, 5.74) is 10.4. The van der Waals surface area contributed by atoms with Gasteiger partial charge in [-0.25, -0.2) is 8.78 Å². The van der Waals surface area contributed by atoms with Gasteiger partial charge in [0.1, 0.15) is 11.6 Å². The number of hydrogen-bond donors (Lipinski definition) is 0. The SMILES string of the molecule is Cc1ccc(-c2ccc(-c3ccc(CCC=C(F)F)cc3)c(F)c2)cc1.Cc1ccc(-c2ccc(-c3ccc(CCC=C(F)F)cc3)c(F)c2)cc1. The van der Waals surface area contributed by atoms with Crippen molar-refractivity contribution in [3.63, 3.8) is 0 Å². The molecule has 0 amide bonds. The Labute approximate surface area is 301 Å². The van der Waals surface area contributed by atoms with Gasteiger partial charge in [0.05, 0.1) is 0 Å². The average molecular weight is 705 g/mol. The first-order chi connectivity index (χ1) is 25.0. The third-order valence-corrected chi connectivity index (χ3v) is 8.70. The minimum atomic E-state index is -1.66. The lowest BCUT2D eigenvalue weighted by Crippen LogP contribution is -1.88. The molecule has 0 bridgehead atoms. The fourth-order valence-electron chi connectivity index (χ4n) is 5.75. The van der Waals surface area contributed by atoms with E-state index in [-0.39, 0.29) is 11.6 Å². The monoisotopic (exact) mass is 704 g/mol. The van der Waals surface area contributed by atoms with E-state index in [2.05, 4.69) is 0 Å². The molecule has 0 aliphatic heterocycles. The molecule has 0 saturated heterocycles. The van der Waals surface area contributed by atoms with Crippen LogP contribution in [0.5, 0.6) is 0 Å². The zero-order chi connectivity index (χ0) is 37.0. The van der Waals surface area contributed by atoms with Crippen LogP contribution in [0, 0.1) is 25.5 Å². The van der Waals surface area contributed by atoms with Crippen LogP contribution in [0.25, 0.3) is 44.5 Å². The van der Waals surface area contributed by atoms with Crippen LogP contribution < -0.4 is 0 Å². The first-order valence-electron chi connectivity index (χ1n) is 17.0. The van der Waals surface area contributed by atoms with Gasteiger partial charge in [0.2, 0.25) is 0 Å². The van der Waals surface area contributed by atoms with Crippen LogP contribution in [0.1, 0.15) is 35.1 Å². The third kappa shape index (κ3) is 10.7. The smallest absolute Gasteiger partial charge is 0.206 e. The summed E-state index contributed by atoms with van der Waals surface area (Å²) >= 11 is 0. The first kappa shape index (κ1) is 37.6. The molecular weight excluding hydrogens is 666 g/mol. The number of rotatable bonds is 10. The summed E-state index contributed by atoms with van der Waals surface area (Å²) in [6, 6.07) is 41.1. The molecule has 0 radical (unpaired) electrons. The Bertz CT molecular complexity index is 1960. The predicted molar refractivity (Wildman–Crippen MR) is 201 cm³/mol. The van der Waals surface area contributed by atoms with Crippen LogP contribution in [0.2, 0.25) is 0 Å². The van der Waals surface area contributed by atoms with E-state index >= 15 is 0 Å². The van der Waals surface area contributed by atoms with Gasteiger partial charge in [0.25, 0.3) is 12.2 Å². The molecule has 6 heteroatoms. The van der Waals surface area contributed by atoms with Gasteiger partial charge in [-0.2, -0.15) is 17.6 Å². The van der Waals surface area contributed by atoms with Gasteiger partial charge in [0.15, 0.2) is 0 Å². The van der Waals surface area contributed by atoms with Crippen molar-refractivity contribution < 1.29 is 26.3 Å². The van der Waals surface area contributed by atoms with Crippen LogP contribution in [-0.2, 0) is 12.8 Å². The molecule has 0 N–H and O–H groups in total. The van der Waals surface area contributed by atoms with Gasteiger partial charge in [-0.05, 0) is 108 Å². The van der Waals surface area contributed by atoms with Gasteiger partial charge in [-0.15, -0.1) is 0 Å². The zero-order valence-corrected chi connectivity index (χ0v) is 29.0. The molecule has 264 valence electrons. The maximum Gasteiger partial charge on any atom is 0.266 e. The summed E-state index contributed by atoms with van der Waals surface area (Å²) in [5, 5.41) is 0. The van der Waals surface area contributed by atoms with Gasteiger partial charge >= 0.3 is 0 Å². The summed E-state index contributed by atoms with van der Waals surface area (Å²) in [4.78, 5) is 0. The van der Waals surface area contributed by atoms with Crippen molar-refractivity contribution in [3.8, 4) is 44.5 Å². The lowest BCUT2D eigenvalue weighted by atomic mass is 9.98. The number of hydrogen-bond acceptors (Lipinski definition) is 0. The molecule has 0 saturated carbocycles. The van der Waals surface area contributed by atoms with Crippen molar-refractivity contribution in [3.05, 3.63) is 192 Å². The largest absolute Gasteiger partial charge is 0.266 e. The highest BCUT2D eigenvalue weighted by Crippen LogP contribution is 2.30. The molecule has 0 nitrogen and oxygen atoms in total. The predicted octanol–water partition coefficient (Wildman–Crippen LogP) is 14.4. The Balaban J connectivity index is 0.000000201. The normalized spacial score (nSPS) is 10.6. The first-order valence-corrected chi connectivity index (χ1v) is 17.0. The third-order valence-electron chi connectivity index (χ3n) is 8.70. The van der Waals surface area contributed by atoms with E-state index in [4.69, 9.17) is 0 Å². The molecular formula is C46H38F6. The van der Waals surface area contributed by atoms with Gasteiger partial charge < -0.3 is 0 Å². The Morgan fingerprint density at radius 2 is 0.712 bits per heavy atom. The van der Waals surface area contributed by atoms with E-state index < -0.39 is 12.2 Å². The maximum atomic E-state index is 14.6. The number of allylic oxidation sites excluding steroid dienone is 2. The summed E-state index contributed by atoms with van der Waals surface area (Å²) in [5.74, 6) is -0.559. The number of aryl methyl sites for hydroxylation is 4. The number of halogens is 6. The van der Waals surface area contributed by atoms with E-state index in [0.717, 1.165) is 67.8 Å². The highest BCUT2D eigenvalue weighted by Gasteiger charge is 2.09. The molecule has 0 aromatic heterocycles. The summed E-state index contributed by atoms with van der Waals surface area (Å²) in [7, 11) is 0. The van der Waals surface area contributed by atoms with E-state index in [9.17, 15) is 26.3 Å². The van der Waals surface area contributed by atoms with Crippen molar-refractivity contribution in [2.45, 2.75) is 39.5 Å². The van der Waals surface area contributed by atoms with Crippen LogP contribution >= 0.6 is 0 Å². The quantitative estimate of drug-likeness (QED) is 0.125. The van der Waals surface area contributed by atoms with Gasteiger partial charge in [-0.3, -0.25) is 0 Å². The van der Waals surface area contributed by atoms with Crippen LogP contribution in [0.4, 0.5) is 26.3 Å². The van der Waals surface area contributed by atoms with Crippen molar-refractivity contribution in [1.29, 1.82) is 0 Å². The lowest BCUT2D eigenvalue weighted by Gasteiger charge is -2.08. The summed E-state index contributed by atoms with van der Waals surface area (Å²) in [6.45, 7) is 4.03. The van der Waals surface area contributed by atoms with Crippen molar-refractivity contribution in [1.82, 2.24) is 0 Å². The Morgan fingerprint density at radius 1 is 0.404 bits per heavy atom. The Kier molecular flexibility index (Phi) is 13.1. The average Bonchev–Trinajstić information content (AvgIpc) is 3.13. The highest BCUT2D eigenvalue weighted by atomic mass is 19.3. The zero-order valence-electron chi connectivity index (χ0n) is 29.0. The molecule has 0 fully saturated rings. The van der Waals surface area contributed by atoms with E-state index in [1.54, 1.807) is 24.3 Å². The Hall–Kier alpha value is -5.62. The molecule has 6 aromatic carbocycles. The number of benzene rings is 6. The van der Waals surface area contributed by atoms with Crippen molar-refractivity contribution in [2.24, 2.45) is 0 Å². The summed E-state index contributed by atoms with van der Waals surface area (Å²) < 4.78 is 77.5. The van der Waals surface area contributed by atoms with E-state index in [1.165, 1.54) is 0 Å². The summed E-state index contributed by atoms with van der Waals surface area (Å²) in [6.07, 6.45) is 0.172. The molecule has 0 aliphatic rings. The van der Waals surface area contributed by atoms with Crippen molar-refractivity contribution >= 4 is 0 Å². The van der Waals surface area contributed by atoms with E-state index in [1.807, 2.05) is 123 Å². The second kappa shape index (κ2) is 18.0. The molecule has 0 atom stereocenters. The topological polar surface area (TPSA) is 0 Å². The molecule has 6 rings (SSSR count). The second-order valence-electron chi connectivity index (χ2n) is 12.6. The minimum Gasteiger partial charge on any atom is -0.206 e. The lowest BCUT2D eigenvalue weighted by molar-refractivity contribution is 0.416. The van der Waals surface area contributed by atoms with Gasteiger partial charge in [-0.1, -0.05) is 132 Å². The minimum absolute atomic E-state index is 0.279.